The topological polar surface area (TPSA) is 24.9 Å². The number of nitrogens with one attached hydrogen (secondary N) is 1. The van der Waals surface area contributed by atoms with Gasteiger partial charge in [-0.2, -0.15) is 0 Å². The first-order valence-electron chi connectivity index (χ1n) is 5.94. The molecule has 2 rings (SSSR count). The highest BCUT2D eigenvalue weighted by Crippen LogP contribution is 2.26. The van der Waals surface area contributed by atoms with Gasteiger partial charge in [-0.05, 0) is 30.9 Å². The van der Waals surface area contributed by atoms with E-state index in [4.69, 9.17) is 0 Å². The number of nitrogens with zero attached hydrogens (tertiary/aromatic N) is 1. The quantitative estimate of drug-likeness (QED) is 0.815. The Balaban J connectivity index is 2.05. The van der Waals surface area contributed by atoms with Crippen molar-refractivity contribution < 1.29 is 0 Å². The van der Waals surface area contributed by atoms with Crippen molar-refractivity contribution in [3.63, 3.8) is 0 Å². The molecule has 0 aromatic carbocycles. The van der Waals surface area contributed by atoms with Gasteiger partial charge in [-0.25, -0.2) is 0 Å². The number of pyridine rings is 1. The molecule has 1 saturated carbocycles. The number of hydrogen-bond acceptors (Lipinski definition) is 2. The van der Waals surface area contributed by atoms with E-state index in [-0.39, 0.29) is 0 Å². The Labute approximate surface area is 92.1 Å². The van der Waals surface area contributed by atoms with Crippen LogP contribution in [0.4, 0.5) is 0 Å². The monoisotopic (exact) mass is 204 g/mol. The van der Waals surface area contributed by atoms with Crippen LogP contribution in [0.3, 0.4) is 0 Å². The van der Waals surface area contributed by atoms with Crippen molar-refractivity contribution in [1.82, 2.24) is 10.3 Å². The summed E-state index contributed by atoms with van der Waals surface area (Å²) in [5, 5.41) is 3.71. The Morgan fingerprint density at radius 2 is 2.13 bits per heavy atom. The summed E-state index contributed by atoms with van der Waals surface area (Å²) in [5.41, 5.74) is 1.18. The summed E-state index contributed by atoms with van der Waals surface area (Å²) in [6.07, 6.45) is 5.92. The van der Waals surface area contributed by atoms with E-state index < -0.39 is 0 Å². The van der Waals surface area contributed by atoms with E-state index in [9.17, 15) is 0 Å². The lowest BCUT2D eigenvalue weighted by Gasteiger charge is -2.33. The van der Waals surface area contributed by atoms with E-state index in [2.05, 4.69) is 36.3 Å². The molecule has 15 heavy (non-hydrogen) atoms. The molecule has 1 heterocycles. The van der Waals surface area contributed by atoms with Crippen molar-refractivity contribution in [1.29, 1.82) is 0 Å². The van der Waals surface area contributed by atoms with Crippen molar-refractivity contribution >= 4 is 0 Å². The lowest BCUT2D eigenvalue weighted by molar-refractivity contribution is 0.269. The van der Waals surface area contributed by atoms with Crippen LogP contribution in [-0.2, 0) is 0 Å². The van der Waals surface area contributed by atoms with Crippen LogP contribution < -0.4 is 5.32 Å². The molecule has 1 N–H and O–H groups in total. The predicted molar refractivity (Wildman–Crippen MR) is 62.6 cm³/mol. The van der Waals surface area contributed by atoms with Crippen LogP contribution >= 0.6 is 0 Å². The fraction of sp³-hybridized carbons (Fsp3) is 0.615. The van der Waals surface area contributed by atoms with Crippen LogP contribution in [0.1, 0.15) is 44.8 Å². The van der Waals surface area contributed by atoms with Gasteiger partial charge in [0, 0.05) is 12.2 Å². The van der Waals surface area contributed by atoms with E-state index in [1.54, 1.807) is 0 Å². The third-order valence-electron chi connectivity index (χ3n) is 3.19. The standard InChI is InChI=1S/C13H20N2/c1-10(2)13(15-11-6-5-7-11)12-8-3-4-9-14-12/h3-4,8-11,13,15H,5-7H2,1-2H3. The van der Waals surface area contributed by atoms with Crippen LogP contribution in [0, 0.1) is 5.92 Å². The van der Waals surface area contributed by atoms with Gasteiger partial charge in [0.05, 0.1) is 11.7 Å². The number of rotatable bonds is 4. The Morgan fingerprint density at radius 1 is 1.33 bits per heavy atom. The van der Waals surface area contributed by atoms with E-state index in [1.807, 2.05) is 12.3 Å². The van der Waals surface area contributed by atoms with E-state index in [0.717, 1.165) is 6.04 Å². The highest BCUT2D eigenvalue weighted by molar-refractivity contribution is 5.10. The van der Waals surface area contributed by atoms with E-state index in [1.165, 1.54) is 25.0 Å². The summed E-state index contributed by atoms with van der Waals surface area (Å²) in [6, 6.07) is 7.30. The second kappa shape index (κ2) is 4.75. The van der Waals surface area contributed by atoms with Crippen LogP contribution in [-0.4, -0.2) is 11.0 Å². The second-order valence-electron chi connectivity index (χ2n) is 4.77. The number of hydrogen-bond donors (Lipinski definition) is 1. The van der Waals surface area contributed by atoms with Gasteiger partial charge < -0.3 is 5.32 Å². The highest BCUT2D eigenvalue weighted by atomic mass is 15.0. The van der Waals surface area contributed by atoms with Crippen molar-refractivity contribution in [3.8, 4) is 0 Å². The normalized spacial score (nSPS) is 18.9. The maximum Gasteiger partial charge on any atom is 0.0575 e. The third kappa shape index (κ3) is 2.57. The van der Waals surface area contributed by atoms with Gasteiger partial charge in [0.15, 0.2) is 0 Å². The molecule has 1 unspecified atom stereocenters. The van der Waals surface area contributed by atoms with Crippen molar-refractivity contribution in [2.24, 2.45) is 5.92 Å². The zero-order chi connectivity index (χ0) is 10.7. The van der Waals surface area contributed by atoms with Crippen molar-refractivity contribution in [3.05, 3.63) is 30.1 Å². The van der Waals surface area contributed by atoms with Gasteiger partial charge >= 0.3 is 0 Å². The van der Waals surface area contributed by atoms with E-state index >= 15 is 0 Å². The first-order valence-corrected chi connectivity index (χ1v) is 5.94. The molecule has 0 aliphatic heterocycles. The third-order valence-corrected chi connectivity index (χ3v) is 3.19. The van der Waals surface area contributed by atoms with Gasteiger partial charge in [0.25, 0.3) is 0 Å². The van der Waals surface area contributed by atoms with Crippen molar-refractivity contribution in [2.75, 3.05) is 0 Å². The first-order chi connectivity index (χ1) is 7.27. The molecule has 2 heteroatoms. The van der Waals surface area contributed by atoms with Gasteiger partial charge in [-0.3, -0.25) is 4.98 Å². The molecule has 0 saturated heterocycles. The minimum absolute atomic E-state index is 0.413. The summed E-state index contributed by atoms with van der Waals surface area (Å²) in [7, 11) is 0. The van der Waals surface area contributed by atoms with E-state index in [0.29, 0.717) is 12.0 Å². The largest absolute Gasteiger partial charge is 0.306 e. The van der Waals surface area contributed by atoms with Gasteiger partial charge in [0.1, 0.15) is 0 Å². The lowest BCUT2D eigenvalue weighted by Crippen LogP contribution is -2.40. The molecule has 1 aromatic heterocycles. The van der Waals surface area contributed by atoms with Gasteiger partial charge in [0.2, 0.25) is 0 Å². The zero-order valence-corrected chi connectivity index (χ0v) is 9.61. The maximum atomic E-state index is 4.45. The fourth-order valence-corrected chi connectivity index (χ4v) is 2.01. The van der Waals surface area contributed by atoms with Gasteiger partial charge in [-0.15, -0.1) is 0 Å². The molecule has 1 aliphatic rings. The Hall–Kier alpha value is -0.890. The summed E-state index contributed by atoms with van der Waals surface area (Å²) < 4.78 is 0. The molecule has 0 amide bonds. The molecule has 0 radical (unpaired) electrons. The molecule has 82 valence electrons. The SMILES string of the molecule is CC(C)C(NC1CCC1)c1ccccn1. The van der Waals surface area contributed by atoms with Gasteiger partial charge in [-0.1, -0.05) is 26.3 Å². The predicted octanol–water partition coefficient (Wildman–Crippen LogP) is 2.92. The minimum atomic E-state index is 0.413. The smallest absolute Gasteiger partial charge is 0.0575 e. The summed E-state index contributed by atoms with van der Waals surface area (Å²) in [5.74, 6) is 0.598. The molecule has 0 bridgehead atoms. The molecule has 1 fully saturated rings. The fourth-order valence-electron chi connectivity index (χ4n) is 2.01. The lowest BCUT2D eigenvalue weighted by atomic mass is 9.90. The zero-order valence-electron chi connectivity index (χ0n) is 9.61. The average Bonchev–Trinajstić information content (AvgIpc) is 2.17. The minimum Gasteiger partial charge on any atom is -0.306 e. The Kier molecular flexibility index (Phi) is 3.37. The second-order valence-corrected chi connectivity index (χ2v) is 4.77. The van der Waals surface area contributed by atoms with Crippen LogP contribution in [0.25, 0.3) is 0 Å². The van der Waals surface area contributed by atoms with Crippen molar-refractivity contribution in [2.45, 2.75) is 45.2 Å². The molecular formula is C13H20N2. The Morgan fingerprint density at radius 3 is 2.60 bits per heavy atom. The molecular weight excluding hydrogens is 184 g/mol. The van der Waals surface area contributed by atoms with Crippen LogP contribution in [0.2, 0.25) is 0 Å². The molecule has 1 aromatic rings. The molecule has 1 aliphatic carbocycles. The first kappa shape index (κ1) is 10.6. The highest BCUT2D eigenvalue weighted by Gasteiger charge is 2.24. The van der Waals surface area contributed by atoms with Crippen LogP contribution in [0.5, 0.6) is 0 Å². The average molecular weight is 204 g/mol. The number of aromatic nitrogens is 1. The maximum absolute atomic E-state index is 4.45. The van der Waals surface area contributed by atoms with Crippen LogP contribution in [0.15, 0.2) is 24.4 Å². The molecule has 0 spiro atoms. The molecule has 1 atom stereocenters. The Bertz CT molecular complexity index is 291. The summed E-state index contributed by atoms with van der Waals surface area (Å²) in [6.45, 7) is 4.51. The summed E-state index contributed by atoms with van der Waals surface area (Å²) >= 11 is 0. The summed E-state index contributed by atoms with van der Waals surface area (Å²) in [4.78, 5) is 4.45. The molecule has 2 nitrogen and oxygen atoms in total.